The number of carbonyl (C=O) groups is 2. The van der Waals surface area contributed by atoms with Crippen molar-refractivity contribution in [1.29, 1.82) is 0 Å². The summed E-state index contributed by atoms with van der Waals surface area (Å²) in [4.78, 5) is 22.3. The van der Waals surface area contributed by atoms with Crippen molar-refractivity contribution >= 4 is 11.9 Å². The third-order valence-corrected chi connectivity index (χ3v) is 3.50. The first-order chi connectivity index (χ1) is 8.58. The first kappa shape index (κ1) is 13.1. The van der Waals surface area contributed by atoms with Crippen LogP contribution in [-0.2, 0) is 19.1 Å². The molecule has 0 aromatic heterocycles. The molecule has 1 heterocycles. The fourth-order valence-corrected chi connectivity index (χ4v) is 2.69. The van der Waals surface area contributed by atoms with Gasteiger partial charge in [0.15, 0.2) is 0 Å². The van der Waals surface area contributed by atoms with Gasteiger partial charge in [-0.25, -0.2) is 4.79 Å². The van der Waals surface area contributed by atoms with E-state index >= 15 is 0 Å². The summed E-state index contributed by atoms with van der Waals surface area (Å²) in [5.41, 5.74) is 0.377. The molecule has 1 N–H and O–H groups in total. The lowest BCUT2D eigenvalue weighted by Gasteiger charge is -2.30. The second-order valence-corrected chi connectivity index (χ2v) is 4.86. The molecule has 0 radical (unpaired) electrons. The maximum Gasteiger partial charge on any atom is 0.333 e. The molecule has 0 aromatic rings. The van der Waals surface area contributed by atoms with E-state index in [1.54, 1.807) is 0 Å². The van der Waals surface area contributed by atoms with Crippen LogP contribution in [0.5, 0.6) is 0 Å². The number of rotatable bonds is 3. The van der Waals surface area contributed by atoms with E-state index in [-0.39, 0.29) is 5.92 Å². The van der Waals surface area contributed by atoms with Crippen molar-refractivity contribution in [2.75, 3.05) is 0 Å². The third-order valence-electron chi connectivity index (χ3n) is 3.50. The van der Waals surface area contributed by atoms with Crippen LogP contribution >= 0.6 is 0 Å². The lowest BCUT2D eigenvalue weighted by Crippen LogP contribution is -2.33. The SMILES string of the molecule is CC(=O)OC(C1=CC(=O)OC1O)C1CCCCC1. The minimum atomic E-state index is -1.27. The topological polar surface area (TPSA) is 72.8 Å². The van der Waals surface area contributed by atoms with Gasteiger partial charge >= 0.3 is 11.9 Å². The Kier molecular flexibility index (Phi) is 4.01. The molecule has 2 unspecified atom stereocenters. The number of hydrogen-bond donors (Lipinski definition) is 1. The van der Waals surface area contributed by atoms with Crippen LogP contribution in [0, 0.1) is 5.92 Å². The molecule has 2 aliphatic rings. The van der Waals surface area contributed by atoms with Crippen molar-refractivity contribution in [3.63, 3.8) is 0 Å². The Hall–Kier alpha value is -1.36. The standard InChI is InChI=1S/C13H18O5/c1-8(14)17-12(9-5-3-2-4-6-9)10-7-11(15)18-13(10)16/h7,9,12-13,16H,2-6H2,1H3. The van der Waals surface area contributed by atoms with E-state index in [4.69, 9.17) is 4.74 Å². The van der Waals surface area contributed by atoms with E-state index in [9.17, 15) is 14.7 Å². The molecular weight excluding hydrogens is 236 g/mol. The van der Waals surface area contributed by atoms with Gasteiger partial charge in [0, 0.05) is 24.5 Å². The maximum absolute atomic E-state index is 11.2. The third kappa shape index (κ3) is 2.90. The molecule has 100 valence electrons. The van der Waals surface area contributed by atoms with E-state index in [0.717, 1.165) is 25.7 Å². The van der Waals surface area contributed by atoms with Crippen LogP contribution in [0.4, 0.5) is 0 Å². The molecule has 5 nitrogen and oxygen atoms in total. The van der Waals surface area contributed by atoms with E-state index in [2.05, 4.69) is 4.74 Å². The van der Waals surface area contributed by atoms with Crippen LogP contribution in [0.1, 0.15) is 39.0 Å². The van der Waals surface area contributed by atoms with E-state index < -0.39 is 24.3 Å². The fourth-order valence-electron chi connectivity index (χ4n) is 2.69. The van der Waals surface area contributed by atoms with Crippen molar-refractivity contribution in [2.24, 2.45) is 5.92 Å². The Labute approximate surface area is 106 Å². The second kappa shape index (κ2) is 5.52. The quantitative estimate of drug-likeness (QED) is 0.768. The van der Waals surface area contributed by atoms with Gasteiger partial charge in [0.2, 0.25) is 6.29 Å². The zero-order chi connectivity index (χ0) is 13.1. The normalized spacial score (nSPS) is 26.4. The Morgan fingerprint density at radius 1 is 1.44 bits per heavy atom. The monoisotopic (exact) mass is 254 g/mol. The second-order valence-electron chi connectivity index (χ2n) is 4.86. The van der Waals surface area contributed by atoms with Gasteiger partial charge in [-0.1, -0.05) is 19.3 Å². The largest absolute Gasteiger partial charge is 0.457 e. The first-order valence-corrected chi connectivity index (χ1v) is 6.35. The molecule has 0 spiro atoms. The van der Waals surface area contributed by atoms with Crippen molar-refractivity contribution in [1.82, 2.24) is 0 Å². The Bertz CT molecular complexity index is 368. The van der Waals surface area contributed by atoms with Gasteiger partial charge < -0.3 is 14.6 Å². The summed E-state index contributed by atoms with van der Waals surface area (Å²) in [6.45, 7) is 1.33. The predicted molar refractivity (Wildman–Crippen MR) is 62.3 cm³/mol. The lowest BCUT2D eigenvalue weighted by atomic mass is 9.82. The zero-order valence-electron chi connectivity index (χ0n) is 10.4. The van der Waals surface area contributed by atoms with Crippen LogP contribution in [0.25, 0.3) is 0 Å². The van der Waals surface area contributed by atoms with Crippen LogP contribution in [0.3, 0.4) is 0 Å². The summed E-state index contributed by atoms with van der Waals surface area (Å²) in [5, 5.41) is 9.67. The van der Waals surface area contributed by atoms with Crippen LogP contribution in [0.2, 0.25) is 0 Å². The molecule has 0 bridgehead atoms. The number of ether oxygens (including phenoxy) is 2. The summed E-state index contributed by atoms with van der Waals surface area (Å²) >= 11 is 0. The molecule has 2 atom stereocenters. The number of aliphatic hydroxyl groups is 1. The van der Waals surface area contributed by atoms with Crippen LogP contribution in [0.15, 0.2) is 11.6 Å². The number of hydrogen-bond acceptors (Lipinski definition) is 5. The summed E-state index contributed by atoms with van der Waals surface area (Å²) in [5.74, 6) is -0.818. The van der Waals surface area contributed by atoms with Crippen molar-refractivity contribution < 1.29 is 24.2 Å². The predicted octanol–water partition coefficient (Wildman–Crippen LogP) is 1.30. The molecule has 1 aliphatic heterocycles. The van der Waals surface area contributed by atoms with Crippen molar-refractivity contribution in [2.45, 2.75) is 51.4 Å². The average Bonchev–Trinajstić information content (AvgIpc) is 2.66. The fraction of sp³-hybridized carbons (Fsp3) is 0.692. The molecular formula is C13H18O5. The molecule has 5 heteroatoms. The molecule has 0 saturated heterocycles. The van der Waals surface area contributed by atoms with E-state index in [1.165, 1.54) is 19.4 Å². The minimum Gasteiger partial charge on any atom is -0.457 e. The molecule has 1 saturated carbocycles. The smallest absolute Gasteiger partial charge is 0.333 e. The number of carbonyl (C=O) groups excluding carboxylic acids is 2. The Balaban J connectivity index is 2.16. The van der Waals surface area contributed by atoms with E-state index in [1.807, 2.05) is 0 Å². The molecule has 1 fully saturated rings. The maximum atomic E-state index is 11.2. The van der Waals surface area contributed by atoms with Crippen molar-refractivity contribution in [3.8, 4) is 0 Å². The molecule has 0 aromatic carbocycles. The van der Waals surface area contributed by atoms with Gasteiger partial charge in [-0.2, -0.15) is 0 Å². The van der Waals surface area contributed by atoms with Crippen LogP contribution < -0.4 is 0 Å². The highest BCUT2D eigenvalue weighted by Crippen LogP contribution is 2.34. The molecule has 18 heavy (non-hydrogen) atoms. The highest BCUT2D eigenvalue weighted by Gasteiger charge is 2.37. The zero-order valence-corrected chi connectivity index (χ0v) is 10.4. The summed E-state index contributed by atoms with van der Waals surface area (Å²) in [7, 11) is 0. The van der Waals surface area contributed by atoms with E-state index in [0.29, 0.717) is 5.57 Å². The average molecular weight is 254 g/mol. The van der Waals surface area contributed by atoms with Gasteiger partial charge in [-0.15, -0.1) is 0 Å². The summed E-state index contributed by atoms with van der Waals surface area (Å²) in [6, 6.07) is 0. The first-order valence-electron chi connectivity index (χ1n) is 6.35. The van der Waals surface area contributed by atoms with Crippen molar-refractivity contribution in [3.05, 3.63) is 11.6 Å². The lowest BCUT2D eigenvalue weighted by molar-refractivity contribution is -0.155. The van der Waals surface area contributed by atoms with Gasteiger partial charge in [-0.05, 0) is 12.8 Å². The van der Waals surface area contributed by atoms with Gasteiger partial charge in [0.1, 0.15) is 6.10 Å². The Morgan fingerprint density at radius 3 is 2.61 bits per heavy atom. The minimum absolute atomic E-state index is 0.165. The molecule has 0 amide bonds. The molecule has 2 rings (SSSR count). The number of esters is 2. The highest BCUT2D eigenvalue weighted by molar-refractivity contribution is 5.86. The van der Waals surface area contributed by atoms with Crippen LogP contribution in [-0.4, -0.2) is 29.4 Å². The summed E-state index contributed by atoms with van der Waals surface area (Å²) in [6.07, 6.45) is 4.66. The molecule has 1 aliphatic carbocycles. The Morgan fingerprint density at radius 2 is 2.11 bits per heavy atom. The van der Waals surface area contributed by atoms with Gasteiger partial charge in [0.25, 0.3) is 0 Å². The van der Waals surface area contributed by atoms with Gasteiger partial charge in [0.05, 0.1) is 0 Å². The highest BCUT2D eigenvalue weighted by atomic mass is 16.6. The van der Waals surface area contributed by atoms with Gasteiger partial charge in [-0.3, -0.25) is 4.79 Å². The summed E-state index contributed by atoms with van der Waals surface area (Å²) < 4.78 is 9.95. The number of aliphatic hydroxyl groups excluding tert-OH is 1. The number of cyclic esters (lactones) is 1.